The minimum Gasteiger partial charge on any atom is -0.469 e. The number of amides is 1. The number of fused-ring (bicyclic) bond motifs is 1. The molecule has 1 saturated heterocycles. The van der Waals surface area contributed by atoms with Crippen LogP contribution in [0.3, 0.4) is 0 Å². The molecule has 0 bridgehead atoms. The van der Waals surface area contributed by atoms with E-state index in [4.69, 9.17) is 4.74 Å². The van der Waals surface area contributed by atoms with Crippen molar-refractivity contribution in [2.45, 2.75) is 18.9 Å². The normalized spacial score (nSPS) is 27.1. The van der Waals surface area contributed by atoms with Crippen LogP contribution in [0.1, 0.15) is 24.4 Å². The van der Waals surface area contributed by atoms with Gasteiger partial charge in [-0.1, -0.05) is 60.7 Å². The lowest BCUT2D eigenvalue weighted by molar-refractivity contribution is -0.151. The van der Waals surface area contributed by atoms with Gasteiger partial charge in [0.1, 0.15) is 0 Å². The van der Waals surface area contributed by atoms with Crippen molar-refractivity contribution >= 4 is 17.6 Å². The monoisotopic (exact) mass is 361 g/mol. The standard InChI is InChI=1S/C23H23NO3/c1-27-23(26)20-18-14-8-9-15-19(18)22(25)24(17-12-6-3-7-13-17)21(20)16-10-4-2-5-11-16/h2-8,10-14,18-21H,9,15H2,1H3/t18-,19-,20-,21-/m0/s1. The Labute approximate surface area is 159 Å². The Morgan fingerprint density at radius 3 is 2.37 bits per heavy atom. The minimum atomic E-state index is -0.433. The van der Waals surface area contributed by atoms with Gasteiger partial charge < -0.3 is 9.64 Å². The first-order valence-corrected chi connectivity index (χ1v) is 9.40. The average Bonchev–Trinajstić information content (AvgIpc) is 2.74. The van der Waals surface area contributed by atoms with Gasteiger partial charge in [0.15, 0.2) is 0 Å². The fourth-order valence-electron chi connectivity index (χ4n) is 4.51. The second kappa shape index (κ2) is 7.39. The van der Waals surface area contributed by atoms with Crippen molar-refractivity contribution in [2.75, 3.05) is 12.0 Å². The SMILES string of the molecule is COC(=O)[C@H]1[C@H]2C=CCC[C@@H]2C(=O)N(c2ccccc2)[C@H]1c1ccccc1. The van der Waals surface area contributed by atoms with Crippen molar-refractivity contribution in [3.63, 3.8) is 0 Å². The third-order valence-corrected chi connectivity index (χ3v) is 5.70. The highest BCUT2D eigenvalue weighted by molar-refractivity contribution is 5.99. The Morgan fingerprint density at radius 1 is 1.04 bits per heavy atom. The number of carbonyl (C=O) groups excluding carboxylic acids is 2. The number of rotatable bonds is 3. The highest BCUT2D eigenvalue weighted by Gasteiger charge is 2.52. The zero-order valence-electron chi connectivity index (χ0n) is 15.3. The van der Waals surface area contributed by atoms with Gasteiger partial charge in [0.05, 0.1) is 19.1 Å². The molecule has 0 unspecified atom stereocenters. The number of piperidine rings is 1. The molecule has 1 aliphatic heterocycles. The zero-order chi connectivity index (χ0) is 18.8. The fraction of sp³-hybridized carbons (Fsp3) is 0.304. The smallest absolute Gasteiger partial charge is 0.311 e. The number of hydrogen-bond donors (Lipinski definition) is 0. The first-order valence-electron chi connectivity index (χ1n) is 9.40. The van der Waals surface area contributed by atoms with Gasteiger partial charge in [-0.05, 0) is 30.5 Å². The van der Waals surface area contributed by atoms with Crippen molar-refractivity contribution < 1.29 is 14.3 Å². The Balaban J connectivity index is 1.90. The first kappa shape index (κ1) is 17.5. The lowest BCUT2D eigenvalue weighted by atomic mass is 9.67. The summed E-state index contributed by atoms with van der Waals surface area (Å²) < 4.78 is 5.20. The van der Waals surface area contributed by atoms with Gasteiger partial charge in [0.25, 0.3) is 0 Å². The van der Waals surface area contributed by atoms with Gasteiger partial charge in [-0.3, -0.25) is 9.59 Å². The van der Waals surface area contributed by atoms with Crippen LogP contribution in [0.4, 0.5) is 5.69 Å². The van der Waals surface area contributed by atoms with Crippen LogP contribution >= 0.6 is 0 Å². The Bertz CT molecular complexity index is 846. The van der Waals surface area contributed by atoms with Crippen LogP contribution < -0.4 is 4.90 Å². The molecule has 4 heteroatoms. The van der Waals surface area contributed by atoms with Crippen LogP contribution in [0.25, 0.3) is 0 Å². The molecule has 4 rings (SSSR count). The molecule has 1 fully saturated rings. The Kier molecular flexibility index (Phi) is 4.80. The molecule has 0 aromatic heterocycles. The predicted molar refractivity (Wildman–Crippen MR) is 104 cm³/mol. The van der Waals surface area contributed by atoms with E-state index < -0.39 is 12.0 Å². The number of carbonyl (C=O) groups is 2. The number of nitrogens with zero attached hydrogens (tertiary/aromatic N) is 1. The van der Waals surface area contributed by atoms with Crippen molar-refractivity contribution in [1.29, 1.82) is 0 Å². The molecule has 0 radical (unpaired) electrons. The second-order valence-electron chi connectivity index (χ2n) is 7.14. The summed E-state index contributed by atoms with van der Waals surface area (Å²) in [5.74, 6) is -0.941. The molecule has 0 spiro atoms. The summed E-state index contributed by atoms with van der Waals surface area (Å²) in [5.41, 5.74) is 1.76. The molecule has 1 aliphatic carbocycles. The van der Waals surface area contributed by atoms with E-state index >= 15 is 0 Å². The summed E-state index contributed by atoms with van der Waals surface area (Å²) in [6.07, 6.45) is 5.76. The first-order chi connectivity index (χ1) is 13.2. The van der Waals surface area contributed by atoms with E-state index in [1.165, 1.54) is 7.11 Å². The van der Waals surface area contributed by atoms with Crippen LogP contribution in [-0.2, 0) is 14.3 Å². The van der Waals surface area contributed by atoms with E-state index in [1.54, 1.807) is 0 Å². The van der Waals surface area contributed by atoms with E-state index in [-0.39, 0.29) is 23.7 Å². The molecule has 4 atom stereocenters. The van der Waals surface area contributed by atoms with Crippen molar-refractivity contribution in [3.05, 3.63) is 78.4 Å². The van der Waals surface area contributed by atoms with Gasteiger partial charge in [-0.25, -0.2) is 0 Å². The molecule has 0 saturated carbocycles. The molecular formula is C23H23NO3. The van der Waals surface area contributed by atoms with Crippen LogP contribution in [0.5, 0.6) is 0 Å². The average molecular weight is 361 g/mol. The van der Waals surface area contributed by atoms with E-state index in [9.17, 15) is 9.59 Å². The van der Waals surface area contributed by atoms with Crippen LogP contribution in [0, 0.1) is 17.8 Å². The highest BCUT2D eigenvalue weighted by atomic mass is 16.5. The highest BCUT2D eigenvalue weighted by Crippen LogP contribution is 2.48. The molecule has 2 aromatic rings. The van der Waals surface area contributed by atoms with Crippen LogP contribution in [0.15, 0.2) is 72.8 Å². The fourth-order valence-corrected chi connectivity index (χ4v) is 4.51. The van der Waals surface area contributed by atoms with Gasteiger partial charge >= 0.3 is 5.97 Å². The molecule has 2 aliphatic rings. The van der Waals surface area contributed by atoms with Crippen LogP contribution in [0.2, 0.25) is 0 Å². The number of hydrogen-bond acceptors (Lipinski definition) is 3. The number of methoxy groups -OCH3 is 1. The number of esters is 1. The number of ether oxygens (including phenoxy) is 1. The molecule has 1 amide bonds. The summed E-state index contributed by atoms with van der Waals surface area (Å²) >= 11 is 0. The van der Waals surface area contributed by atoms with Crippen molar-refractivity contribution in [2.24, 2.45) is 17.8 Å². The number of allylic oxidation sites excluding steroid dienone is 2. The van der Waals surface area contributed by atoms with Gasteiger partial charge in [0, 0.05) is 17.5 Å². The Morgan fingerprint density at radius 2 is 1.70 bits per heavy atom. The maximum atomic E-state index is 13.5. The number of benzene rings is 2. The Hall–Kier alpha value is -2.88. The van der Waals surface area contributed by atoms with E-state index in [2.05, 4.69) is 6.08 Å². The number of anilines is 1. The largest absolute Gasteiger partial charge is 0.469 e. The molecule has 4 nitrogen and oxygen atoms in total. The lowest BCUT2D eigenvalue weighted by Gasteiger charge is -2.48. The minimum absolute atomic E-state index is 0.0876. The summed E-state index contributed by atoms with van der Waals surface area (Å²) in [5, 5.41) is 0. The summed E-state index contributed by atoms with van der Waals surface area (Å²) in [4.78, 5) is 28.3. The summed E-state index contributed by atoms with van der Waals surface area (Å²) in [7, 11) is 1.43. The second-order valence-corrected chi connectivity index (χ2v) is 7.14. The summed E-state index contributed by atoms with van der Waals surface area (Å²) in [6.45, 7) is 0. The number of para-hydroxylation sites is 1. The molecule has 2 aromatic carbocycles. The zero-order valence-corrected chi connectivity index (χ0v) is 15.3. The summed E-state index contributed by atoms with van der Waals surface area (Å²) in [6, 6.07) is 19.0. The van der Waals surface area contributed by atoms with E-state index in [1.807, 2.05) is 71.6 Å². The van der Waals surface area contributed by atoms with E-state index in [0.717, 1.165) is 24.1 Å². The quantitative estimate of drug-likeness (QED) is 0.610. The van der Waals surface area contributed by atoms with Crippen molar-refractivity contribution in [3.8, 4) is 0 Å². The van der Waals surface area contributed by atoms with E-state index in [0.29, 0.717) is 0 Å². The lowest BCUT2D eigenvalue weighted by Crippen LogP contribution is -2.55. The van der Waals surface area contributed by atoms with Crippen molar-refractivity contribution in [1.82, 2.24) is 0 Å². The third kappa shape index (κ3) is 3.05. The molecule has 138 valence electrons. The topological polar surface area (TPSA) is 46.6 Å². The molecule has 0 N–H and O–H groups in total. The predicted octanol–water partition coefficient (Wildman–Crippen LogP) is 4.15. The van der Waals surface area contributed by atoms with Gasteiger partial charge in [0.2, 0.25) is 5.91 Å². The molecule has 27 heavy (non-hydrogen) atoms. The molecule has 1 heterocycles. The maximum Gasteiger partial charge on any atom is 0.311 e. The molecular weight excluding hydrogens is 338 g/mol. The third-order valence-electron chi connectivity index (χ3n) is 5.70. The van der Waals surface area contributed by atoms with Gasteiger partial charge in [-0.15, -0.1) is 0 Å². The van der Waals surface area contributed by atoms with Gasteiger partial charge in [-0.2, -0.15) is 0 Å². The maximum absolute atomic E-state index is 13.5. The van der Waals surface area contributed by atoms with Crippen LogP contribution in [-0.4, -0.2) is 19.0 Å².